The molecule has 3 atom stereocenters. The SMILES string of the molecule is Cc1cc(N(CCCCN(C)C(=O)CCCCCCCCCOc2cccc3c2C(=O)N(C2CCC(=O)NC2=O)C3=O)c2ccc(-c3cnn(CC45CC6(C)CC(C)(C4)CC(OCCN(C)C)(C6)C5)c3C)c(C(=O)O)n2)nnc1Nc1nc2ccccc2s1. The van der Waals surface area contributed by atoms with E-state index in [1.165, 1.54) is 17.8 Å². The van der Waals surface area contributed by atoms with Crippen molar-refractivity contribution in [1.29, 1.82) is 0 Å². The first-order valence-corrected chi connectivity index (χ1v) is 32.5. The summed E-state index contributed by atoms with van der Waals surface area (Å²) in [7, 11) is 6.02. The van der Waals surface area contributed by atoms with Gasteiger partial charge in [0.2, 0.25) is 17.7 Å². The van der Waals surface area contributed by atoms with Crippen LogP contribution in [0.2, 0.25) is 0 Å². The summed E-state index contributed by atoms with van der Waals surface area (Å²) in [6, 6.07) is 17.4. The predicted molar refractivity (Wildman–Crippen MR) is 340 cm³/mol. The summed E-state index contributed by atoms with van der Waals surface area (Å²) in [5, 5.41) is 31.5. The minimum atomic E-state index is -1.15. The number of carbonyl (C=O) groups excluding carboxylic acids is 5. The van der Waals surface area contributed by atoms with Gasteiger partial charge in [-0.1, -0.05) is 75.5 Å². The maximum Gasteiger partial charge on any atom is 0.355 e. The van der Waals surface area contributed by atoms with E-state index in [4.69, 9.17) is 29.6 Å². The zero-order valence-corrected chi connectivity index (χ0v) is 53.3. The fraction of sp³-hybridized carbons (Fsp3) is 0.537. The molecule has 1 saturated heterocycles. The summed E-state index contributed by atoms with van der Waals surface area (Å²) in [6.45, 7) is 12.6. The second kappa shape index (κ2) is 26.0. The number of nitrogens with one attached hydrogen (secondary N) is 2. The van der Waals surface area contributed by atoms with Crippen molar-refractivity contribution in [3.63, 3.8) is 0 Å². The number of thiazole rings is 1. The molecule has 4 aliphatic carbocycles. The van der Waals surface area contributed by atoms with E-state index in [-0.39, 0.29) is 57.4 Å². The summed E-state index contributed by atoms with van der Waals surface area (Å²) in [6.07, 6.45) is 16.7. The highest BCUT2D eigenvalue weighted by Crippen LogP contribution is 2.72. The highest BCUT2D eigenvalue weighted by atomic mass is 32.1. The van der Waals surface area contributed by atoms with Gasteiger partial charge in [0, 0.05) is 62.9 Å². The largest absolute Gasteiger partial charge is 0.493 e. The van der Waals surface area contributed by atoms with Crippen molar-refractivity contribution < 1.29 is 43.3 Å². The summed E-state index contributed by atoms with van der Waals surface area (Å²) in [5.41, 5.74) is 4.31. The number of fused-ring (bicyclic) bond motifs is 2. The topological polar surface area (TPSA) is 248 Å². The maximum atomic E-state index is 13.4. The first-order valence-electron chi connectivity index (χ1n) is 31.6. The van der Waals surface area contributed by atoms with Gasteiger partial charge < -0.3 is 34.6 Å². The Hall–Kier alpha value is -7.69. The van der Waals surface area contributed by atoms with E-state index in [2.05, 4.69) is 53.3 Å². The van der Waals surface area contributed by atoms with Crippen molar-refractivity contribution in [1.82, 2.24) is 50.0 Å². The molecule has 89 heavy (non-hydrogen) atoms. The molecule has 4 saturated carbocycles. The van der Waals surface area contributed by atoms with Gasteiger partial charge in [-0.3, -0.25) is 38.9 Å². The highest BCUT2D eigenvalue weighted by Gasteiger charge is 2.66. The van der Waals surface area contributed by atoms with Crippen molar-refractivity contribution in [2.45, 2.75) is 161 Å². The van der Waals surface area contributed by atoms with Crippen molar-refractivity contribution in [2.75, 3.05) is 64.2 Å². The van der Waals surface area contributed by atoms with Crippen LogP contribution in [0.15, 0.2) is 66.9 Å². The van der Waals surface area contributed by atoms with Gasteiger partial charge in [-0.25, -0.2) is 14.8 Å². The standard InChI is InChI=1S/C67H84N12O9S/c1-43-34-53(73-74-58(43)72-63-69-48-21-14-15-23-51(48)89-63)77(52-27-25-45(57(70-52)62(85)86)47-35-68-78(44(47)2)42-66-37-64(3)36-65(4,38-66)40-67(39-64,41-66)88-33-31-75(5)6)30-17-16-29-76(7)55(81)24-13-11-9-8-10-12-18-32-87-50-22-19-20-46-56(50)61(84)79(60(46)83)49-26-28-54(80)71-59(49)82/h14-15,19-23,25,27,34-35,49H,8-13,16-18,24,26,28-33,36-42H2,1-7H3,(H,85,86)(H,69,72,74)(H,71,80,82). The molecule has 0 radical (unpaired) electrons. The molecule has 3 unspecified atom stereocenters. The summed E-state index contributed by atoms with van der Waals surface area (Å²) in [4.78, 5) is 94.0. The van der Waals surface area contributed by atoms with Crippen molar-refractivity contribution >= 4 is 79.6 Å². The molecule has 5 fully saturated rings. The second-order valence-electron chi connectivity index (χ2n) is 26.9. The van der Waals surface area contributed by atoms with Crippen LogP contribution in [-0.2, 0) is 25.7 Å². The average molecular weight is 1230 g/mol. The molecule has 12 rings (SSSR count). The van der Waals surface area contributed by atoms with E-state index in [0.717, 1.165) is 122 Å². The number of imide groups is 2. The Morgan fingerprint density at radius 3 is 2.24 bits per heavy atom. The van der Waals surface area contributed by atoms with Crippen molar-refractivity contribution in [2.24, 2.45) is 16.2 Å². The lowest BCUT2D eigenvalue weighted by Gasteiger charge is -2.69. The Morgan fingerprint density at radius 2 is 1.51 bits per heavy atom. The molecule has 5 amide bonds. The van der Waals surface area contributed by atoms with Gasteiger partial charge in [0.15, 0.2) is 22.5 Å². The Morgan fingerprint density at radius 1 is 0.764 bits per heavy atom. The number of likely N-dealkylation sites (N-methyl/N-ethyl adjacent to an activating group) is 1. The lowest BCUT2D eigenvalue weighted by Crippen LogP contribution is -2.64. The zero-order valence-electron chi connectivity index (χ0n) is 52.5. The molecule has 6 aliphatic rings. The monoisotopic (exact) mass is 1230 g/mol. The van der Waals surface area contributed by atoms with Gasteiger partial charge >= 0.3 is 5.97 Å². The van der Waals surface area contributed by atoms with Crippen molar-refractivity contribution in [3.05, 3.63) is 94.9 Å². The van der Waals surface area contributed by atoms with Gasteiger partial charge in [0.25, 0.3) is 11.8 Å². The summed E-state index contributed by atoms with van der Waals surface area (Å²) >= 11 is 1.53. The predicted octanol–water partition coefficient (Wildman–Crippen LogP) is 11.1. The van der Waals surface area contributed by atoms with Crippen LogP contribution in [0.1, 0.15) is 172 Å². The third-order valence-electron chi connectivity index (χ3n) is 18.9. The highest BCUT2D eigenvalue weighted by molar-refractivity contribution is 7.22. The molecule has 2 aliphatic heterocycles. The van der Waals surface area contributed by atoms with E-state index in [1.54, 1.807) is 29.3 Å². The molecule has 21 nitrogen and oxygen atoms in total. The second-order valence-corrected chi connectivity index (χ2v) is 27.9. The third kappa shape index (κ3) is 13.7. The molecule has 4 aromatic heterocycles. The molecule has 22 heteroatoms. The van der Waals surface area contributed by atoms with E-state index in [9.17, 15) is 33.9 Å². The van der Waals surface area contributed by atoms with Gasteiger partial charge in [0.1, 0.15) is 17.6 Å². The Labute approximate surface area is 524 Å². The van der Waals surface area contributed by atoms with E-state index in [0.29, 0.717) is 79.5 Å². The number of hydrogen-bond acceptors (Lipinski definition) is 17. The van der Waals surface area contributed by atoms with Crippen LogP contribution in [0.5, 0.6) is 5.75 Å². The minimum absolute atomic E-state index is 0.00519. The molecule has 2 aromatic carbocycles. The van der Waals surface area contributed by atoms with E-state index in [1.807, 2.05) is 68.3 Å². The summed E-state index contributed by atoms with van der Waals surface area (Å²) < 4.78 is 16.1. The number of piperidine rings is 1. The Kier molecular flexibility index (Phi) is 18.4. The van der Waals surface area contributed by atoms with Crippen LogP contribution >= 0.6 is 11.3 Å². The number of anilines is 4. The third-order valence-corrected chi connectivity index (χ3v) is 19.8. The normalized spacial score (nSPS) is 22.7. The van der Waals surface area contributed by atoms with Crippen LogP contribution in [0.3, 0.4) is 0 Å². The van der Waals surface area contributed by atoms with Gasteiger partial charge in [-0.2, -0.15) is 5.10 Å². The zero-order chi connectivity index (χ0) is 62.8. The summed E-state index contributed by atoms with van der Waals surface area (Å²) in [5.74, 6) is -1.51. The fourth-order valence-electron chi connectivity index (χ4n) is 15.8. The molecule has 3 N–H and O–H groups in total. The number of carboxylic acid groups (broad SMARTS) is 1. The number of carboxylic acids is 1. The number of hydrogen-bond donors (Lipinski definition) is 3. The Balaban J connectivity index is 0.687. The van der Waals surface area contributed by atoms with Crippen LogP contribution in [-0.4, -0.2) is 151 Å². The molecule has 4 bridgehead atoms. The molecule has 472 valence electrons. The molecule has 6 aromatic rings. The minimum Gasteiger partial charge on any atom is -0.493 e. The smallest absolute Gasteiger partial charge is 0.355 e. The molecule has 6 heterocycles. The number of aromatic nitrogens is 6. The number of aryl methyl sites for hydroxylation is 1. The van der Waals surface area contributed by atoms with Crippen LogP contribution < -0.4 is 20.3 Å². The van der Waals surface area contributed by atoms with Gasteiger partial charge in [-0.05, 0) is 163 Å². The number of para-hydroxylation sites is 1. The number of aromatic carboxylic acids is 1. The first-order chi connectivity index (χ1) is 42.6. The number of rotatable bonds is 29. The lowest BCUT2D eigenvalue weighted by molar-refractivity contribution is -0.248. The Bertz CT molecular complexity index is 3620. The number of benzene rings is 2. The number of ether oxygens (including phenoxy) is 2. The van der Waals surface area contributed by atoms with Crippen LogP contribution in [0.4, 0.5) is 22.6 Å². The average Bonchev–Trinajstić information content (AvgIpc) is 1.43. The number of amides is 5. The lowest BCUT2D eigenvalue weighted by atomic mass is 9.39. The molecular weight excluding hydrogens is 1150 g/mol. The quantitative estimate of drug-likeness (QED) is 0.0292. The number of pyridine rings is 1. The van der Waals surface area contributed by atoms with Gasteiger partial charge in [-0.15, -0.1) is 10.2 Å². The van der Waals surface area contributed by atoms with Crippen molar-refractivity contribution in [3.8, 4) is 16.9 Å². The number of nitrogens with zero attached hydrogens (tertiary/aromatic N) is 10. The molecular formula is C67H84N12O9S. The molecule has 0 spiro atoms. The van der Waals surface area contributed by atoms with Crippen LogP contribution in [0, 0.1) is 30.1 Å². The fourth-order valence-corrected chi connectivity index (χ4v) is 16.7. The van der Waals surface area contributed by atoms with E-state index >= 15 is 0 Å². The van der Waals surface area contributed by atoms with Crippen LogP contribution in [0.25, 0.3) is 21.3 Å². The number of unbranched alkanes of at least 4 members (excludes halogenated alkanes) is 7. The van der Waals surface area contributed by atoms with Gasteiger partial charge in [0.05, 0.1) is 46.4 Å². The first kappa shape index (κ1) is 62.9. The number of carbonyl (C=O) groups is 6. The van der Waals surface area contributed by atoms with E-state index < -0.39 is 35.6 Å². The maximum absolute atomic E-state index is 13.4.